The molecular weight excluding hydrogens is 450 g/mol. The molecule has 0 N–H and O–H groups in total. The minimum atomic E-state index is -1.28. The zero-order chi connectivity index (χ0) is 24.8. The number of carbonyl (C=O) groups excluding carboxylic acids is 4. The third kappa shape index (κ3) is 6.16. The van der Waals surface area contributed by atoms with Crippen LogP contribution in [-0.2, 0) is 42.9 Å². The van der Waals surface area contributed by atoms with Gasteiger partial charge in [0.05, 0.1) is 6.20 Å². The van der Waals surface area contributed by atoms with Gasteiger partial charge >= 0.3 is 23.9 Å². The number of esters is 4. The Morgan fingerprint density at radius 1 is 0.853 bits per heavy atom. The van der Waals surface area contributed by atoms with Crippen molar-refractivity contribution >= 4 is 23.9 Å². The van der Waals surface area contributed by atoms with E-state index in [1.165, 1.54) is 18.5 Å². The molecule has 1 aliphatic heterocycles. The first kappa shape index (κ1) is 24.8. The number of rotatable bonds is 7. The summed E-state index contributed by atoms with van der Waals surface area (Å²) in [6.45, 7) is 4.36. The molecule has 1 aliphatic rings. The Morgan fingerprint density at radius 2 is 1.44 bits per heavy atom. The van der Waals surface area contributed by atoms with E-state index < -0.39 is 54.5 Å². The van der Waals surface area contributed by atoms with Crippen molar-refractivity contribution in [1.29, 1.82) is 0 Å². The van der Waals surface area contributed by atoms with Crippen LogP contribution in [0.2, 0.25) is 0 Å². The van der Waals surface area contributed by atoms with Crippen molar-refractivity contribution in [1.82, 2.24) is 15.0 Å². The van der Waals surface area contributed by atoms with Gasteiger partial charge in [0.2, 0.25) is 0 Å². The van der Waals surface area contributed by atoms with Crippen LogP contribution in [-0.4, -0.2) is 69.9 Å². The van der Waals surface area contributed by atoms with Crippen LogP contribution in [0.15, 0.2) is 36.5 Å². The first-order chi connectivity index (χ1) is 16.2. The van der Waals surface area contributed by atoms with Gasteiger partial charge in [0, 0.05) is 33.3 Å². The molecule has 12 heteroatoms. The minimum Gasteiger partial charge on any atom is -0.463 e. The van der Waals surface area contributed by atoms with Crippen LogP contribution in [0.1, 0.15) is 33.9 Å². The van der Waals surface area contributed by atoms with Crippen LogP contribution in [0.25, 0.3) is 11.3 Å². The Labute approximate surface area is 195 Å². The molecular formula is C22H25N3O9. The minimum absolute atomic E-state index is 0.325. The highest BCUT2D eigenvalue weighted by Crippen LogP contribution is 2.35. The Kier molecular flexibility index (Phi) is 7.95. The molecule has 0 unspecified atom stereocenters. The van der Waals surface area contributed by atoms with E-state index in [0.29, 0.717) is 5.69 Å². The van der Waals surface area contributed by atoms with E-state index in [9.17, 15) is 19.2 Å². The fourth-order valence-corrected chi connectivity index (χ4v) is 3.56. The summed E-state index contributed by atoms with van der Waals surface area (Å²) in [7, 11) is 0. The number of aromatic nitrogens is 3. The molecule has 34 heavy (non-hydrogen) atoms. The van der Waals surface area contributed by atoms with E-state index in [-0.39, 0.29) is 6.61 Å². The molecule has 1 aromatic heterocycles. The molecule has 182 valence electrons. The average molecular weight is 475 g/mol. The number of benzene rings is 1. The highest BCUT2D eigenvalue weighted by Gasteiger charge is 2.53. The van der Waals surface area contributed by atoms with Crippen molar-refractivity contribution in [2.45, 2.75) is 58.3 Å². The van der Waals surface area contributed by atoms with Crippen LogP contribution >= 0.6 is 0 Å². The second-order valence-corrected chi connectivity index (χ2v) is 7.54. The van der Waals surface area contributed by atoms with Crippen LogP contribution < -0.4 is 0 Å². The summed E-state index contributed by atoms with van der Waals surface area (Å²) in [4.78, 5) is 47.1. The summed E-state index contributed by atoms with van der Waals surface area (Å²) in [5.41, 5.74) is 1.29. The van der Waals surface area contributed by atoms with Crippen LogP contribution in [0, 0.1) is 0 Å². The monoisotopic (exact) mass is 475 g/mol. The van der Waals surface area contributed by atoms with Gasteiger partial charge in [-0.3, -0.25) is 19.2 Å². The smallest absolute Gasteiger partial charge is 0.303 e. The summed E-state index contributed by atoms with van der Waals surface area (Å²) in [5.74, 6) is -2.71. The Balaban J connectivity index is 2.03. The summed E-state index contributed by atoms with van der Waals surface area (Å²) >= 11 is 0. The van der Waals surface area contributed by atoms with Gasteiger partial charge in [-0.05, 0) is 0 Å². The molecule has 1 saturated heterocycles. The third-order valence-corrected chi connectivity index (χ3v) is 4.81. The van der Waals surface area contributed by atoms with Gasteiger partial charge in [0.15, 0.2) is 24.5 Å². The maximum absolute atomic E-state index is 11.9. The molecule has 2 heterocycles. The topological polar surface area (TPSA) is 145 Å². The van der Waals surface area contributed by atoms with Crippen LogP contribution in [0.3, 0.4) is 0 Å². The van der Waals surface area contributed by atoms with E-state index >= 15 is 0 Å². The lowest BCUT2D eigenvalue weighted by Gasteiger charge is -2.44. The van der Waals surface area contributed by atoms with Gasteiger partial charge in [-0.2, -0.15) is 0 Å². The average Bonchev–Trinajstić information content (AvgIpc) is 3.25. The lowest BCUT2D eigenvalue weighted by atomic mass is 9.97. The Bertz CT molecular complexity index is 1040. The maximum atomic E-state index is 11.9. The number of nitrogens with zero attached hydrogens (tertiary/aromatic N) is 3. The highest BCUT2D eigenvalue weighted by molar-refractivity contribution is 5.68. The summed E-state index contributed by atoms with van der Waals surface area (Å²) in [6, 6.07) is 9.20. The molecule has 1 aromatic carbocycles. The van der Waals surface area contributed by atoms with Gasteiger partial charge < -0.3 is 23.7 Å². The van der Waals surface area contributed by atoms with E-state index in [1.54, 1.807) is 6.20 Å². The van der Waals surface area contributed by atoms with E-state index in [2.05, 4.69) is 10.3 Å². The molecule has 0 amide bonds. The predicted molar refractivity (Wildman–Crippen MR) is 113 cm³/mol. The van der Waals surface area contributed by atoms with Gasteiger partial charge in [-0.15, -0.1) is 5.10 Å². The first-order valence-corrected chi connectivity index (χ1v) is 10.4. The molecule has 5 atom stereocenters. The molecule has 12 nitrogen and oxygen atoms in total. The van der Waals surface area contributed by atoms with Crippen molar-refractivity contribution in [2.75, 3.05) is 6.61 Å². The van der Waals surface area contributed by atoms with E-state index in [4.69, 9.17) is 23.7 Å². The fraction of sp³-hybridized carbons (Fsp3) is 0.455. The Hall–Kier alpha value is -3.80. The lowest BCUT2D eigenvalue weighted by molar-refractivity contribution is -0.270. The maximum Gasteiger partial charge on any atom is 0.303 e. The summed E-state index contributed by atoms with van der Waals surface area (Å²) in [5, 5.41) is 8.24. The van der Waals surface area contributed by atoms with Crippen molar-refractivity contribution in [3.05, 3.63) is 36.5 Å². The van der Waals surface area contributed by atoms with Crippen LogP contribution in [0.4, 0.5) is 0 Å². The second kappa shape index (κ2) is 10.9. The third-order valence-electron chi connectivity index (χ3n) is 4.81. The SMILES string of the molecule is CC(=O)OC[C@H]1O[C@H](n2cc(-c3ccccc3)nn2)[C@@H](OC(C)=O)[C@H](OC(C)=O)[C@H]1OC(C)=O. The number of hydrogen-bond donors (Lipinski definition) is 0. The standard InChI is InChI=1S/C22H25N3O9/c1-12(26)30-11-18-19(31-13(2)27)20(32-14(3)28)21(33-15(4)29)22(34-18)25-10-17(23-24-25)16-8-6-5-7-9-16/h5-10,18-22H,11H2,1-4H3/t18-,19+,20-,21+,22+/m1/s1. The van der Waals surface area contributed by atoms with Gasteiger partial charge in [-0.1, -0.05) is 35.5 Å². The molecule has 3 rings (SSSR count). The fourth-order valence-electron chi connectivity index (χ4n) is 3.56. The molecule has 1 fully saturated rings. The molecule has 0 radical (unpaired) electrons. The quantitative estimate of drug-likeness (QED) is 0.420. The largest absolute Gasteiger partial charge is 0.463 e. The highest BCUT2D eigenvalue weighted by atomic mass is 16.7. The first-order valence-electron chi connectivity index (χ1n) is 10.4. The van der Waals surface area contributed by atoms with Crippen molar-refractivity contribution < 1.29 is 42.9 Å². The molecule has 0 spiro atoms. The van der Waals surface area contributed by atoms with Gasteiger partial charge in [-0.25, -0.2) is 4.68 Å². The van der Waals surface area contributed by atoms with Crippen molar-refractivity contribution in [3.63, 3.8) is 0 Å². The summed E-state index contributed by atoms with van der Waals surface area (Å²) < 4.78 is 28.6. The second-order valence-electron chi connectivity index (χ2n) is 7.54. The molecule has 0 aliphatic carbocycles. The van der Waals surface area contributed by atoms with Crippen molar-refractivity contribution in [2.24, 2.45) is 0 Å². The number of ether oxygens (including phenoxy) is 5. The van der Waals surface area contributed by atoms with Gasteiger partial charge in [0.25, 0.3) is 0 Å². The van der Waals surface area contributed by atoms with E-state index in [0.717, 1.165) is 19.4 Å². The Morgan fingerprint density at radius 3 is 2.03 bits per heavy atom. The molecule has 0 saturated carbocycles. The lowest BCUT2D eigenvalue weighted by Crippen LogP contribution is -2.60. The zero-order valence-electron chi connectivity index (χ0n) is 19.1. The molecule has 2 aromatic rings. The summed E-state index contributed by atoms with van der Waals surface area (Å²) in [6.07, 6.45) is -4.43. The predicted octanol–water partition coefficient (Wildman–Crippen LogP) is 1.20. The molecule has 0 bridgehead atoms. The van der Waals surface area contributed by atoms with Crippen molar-refractivity contribution in [3.8, 4) is 11.3 Å². The van der Waals surface area contributed by atoms with E-state index in [1.807, 2.05) is 30.3 Å². The van der Waals surface area contributed by atoms with Gasteiger partial charge in [0.1, 0.15) is 18.4 Å². The normalized spacial score (nSPS) is 24.1. The number of carbonyl (C=O) groups is 4. The van der Waals surface area contributed by atoms with Crippen LogP contribution in [0.5, 0.6) is 0 Å². The number of hydrogen-bond acceptors (Lipinski definition) is 11. The zero-order valence-corrected chi connectivity index (χ0v) is 19.1.